The number of nitrogens with zero attached hydrogens (tertiary/aromatic N) is 5. The van der Waals surface area contributed by atoms with E-state index in [2.05, 4.69) is 15.1 Å². The molecule has 8 nitrogen and oxygen atoms in total. The highest BCUT2D eigenvalue weighted by molar-refractivity contribution is 5.80. The Hall–Kier alpha value is -3.16. The third-order valence-electron chi connectivity index (χ3n) is 6.24. The zero-order valence-corrected chi connectivity index (χ0v) is 18.2. The number of piperazine rings is 1. The summed E-state index contributed by atoms with van der Waals surface area (Å²) in [5, 5.41) is 8.81. The second kappa shape index (κ2) is 9.32. The molecule has 3 heterocycles. The molecule has 2 aromatic rings. The first-order valence-corrected chi connectivity index (χ1v) is 10.8. The van der Waals surface area contributed by atoms with Gasteiger partial charge in [-0.2, -0.15) is 0 Å². The van der Waals surface area contributed by atoms with Crippen molar-refractivity contribution in [1.82, 2.24) is 20.0 Å². The Morgan fingerprint density at radius 3 is 2.06 bits per heavy atom. The van der Waals surface area contributed by atoms with E-state index in [0.717, 1.165) is 48.8 Å². The number of piperidine rings is 1. The molecule has 1 aromatic heterocycles. The molecule has 2 fully saturated rings. The van der Waals surface area contributed by atoms with Crippen LogP contribution >= 0.6 is 0 Å². The van der Waals surface area contributed by atoms with Crippen LogP contribution in [0.25, 0.3) is 11.3 Å². The molecule has 8 heteroatoms. The van der Waals surface area contributed by atoms with Crippen molar-refractivity contribution >= 4 is 17.6 Å². The number of carbonyl (C=O) groups excluding carboxylic acids is 2. The molecule has 164 valence electrons. The fraction of sp³-hybridized carbons (Fsp3) is 0.478. The molecule has 0 atom stereocenters. The van der Waals surface area contributed by atoms with Gasteiger partial charge in [0.2, 0.25) is 11.8 Å². The van der Waals surface area contributed by atoms with Gasteiger partial charge >= 0.3 is 0 Å². The summed E-state index contributed by atoms with van der Waals surface area (Å²) in [5.41, 5.74) is 1.81. The van der Waals surface area contributed by atoms with Crippen molar-refractivity contribution in [3.63, 3.8) is 0 Å². The fourth-order valence-corrected chi connectivity index (χ4v) is 4.27. The number of hydrogen-bond acceptors (Lipinski definition) is 6. The zero-order chi connectivity index (χ0) is 21.8. The number of methoxy groups -OCH3 is 1. The lowest BCUT2D eigenvalue weighted by Crippen LogP contribution is -2.52. The van der Waals surface area contributed by atoms with Crippen LogP contribution in [0.1, 0.15) is 19.8 Å². The number of carbonyl (C=O) groups is 2. The molecule has 4 rings (SSSR count). The molecule has 0 aliphatic carbocycles. The van der Waals surface area contributed by atoms with Crippen LogP contribution in [0.5, 0.6) is 5.75 Å². The third-order valence-corrected chi connectivity index (χ3v) is 6.24. The van der Waals surface area contributed by atoms with Gasteiger partial charge in [-0.1, -0.05) is 0 Å². The van der Waals surface area contributed by atoms with Crippen molar-refractivity contribution in [2.75, 3.05) is 51.3 Å². The lowest BCUT2D eigenvalue weighted by atomic mass is 9.95. The van der Waals surface area contributed by atoms with Gasteiger partial charge in [0.05, 0.1) is 12.8 Å². The quantitative estimate of drug-likeness (QED) is 0.749. The van der Waals surface area contributed by atoms with Gasteiger partial charge in [0.25, 0.3) is 0 Å². The number of rotatable bonds is 4. The molecule has 0 saturated carbocycles. The average Bonchev–Trinajstić information content (AvgIpc) is 2.84. The summed E-state index contributed by atoms with van der Waals surface area (Å²) < 4.78 is 5.20. The Balaban J connectivity index is 1.30. The van der Waals surface area contributed by atoms with Crippen LogP contribution in [0.4, 0.5) is 5.82 Å². The molecule has 0 radical (unpaired) electrons. The molecule has 0 spiro atoms. The second-order valence-corrected chi connectivity index (χ2v) is 8.10. The van der Waals surface area contributed by atoms with E-state index >= 15 is 0 Å². The molecule has 1 aromatic carbocycles. The van der Waals surface area contributed by atoms with Crippen LogP contribution in [-0.4, -0.2) is 78.2 Å². The van der Waals surface area contributed by atoms with Crippen molar-refractivity contribution in [2.24, 2.45) is 5.92 Å². The predicted molar refractivity (Wildman–Crippen MR) is 118 cm³/mol. The molecule has 0 unspecified atom stereocenters. The van der Waals surface area contributed by atoms with E-state index in [9.17, 15) is 9.59 Å². The Bertz CT molecular complexity index is 900. The van der Waals surface area contributed by atoms with Gasteiger partial charge in [0.1, 0.15) is 5.75 Å². The highest BCUT2D eigenvalue weighted by Gasteiger charge is 2.31. The van der Waals surface area contributed by atoms with Crippen LogP contribution in [0.15, 0.2) is 36.4 Å². The summed E-state index contributed by atoms with van der Waals surface area (Å²) in [5.74, 6) is 2.01. The normalized spacial score (nSPS) is 17.5. The van der Waals surface area contributed by atoms with Crippen molar-refractivity contribution in [2.45, 2.75) is 19.8 Å². The summed E-state index contributed by atoms with van der Waals surface area (Å²) in [6, 6.07) is 11.7. The number of ether oxygens (including phenoxy) is 1. The van der Waals surface area contributed by atoms with Crippen molar-refractivity contribution in [3.05, 3.63) is 36.4 Å². The minimum absolute atomic E-state index is 0.0478. The van der Waals surface area contributed by atoms with Gasteiger partial charge in [0.15, 0.2) is 5.82 Å². The lowest BCUT2D eigenvalue weighted by molar-refractivity contribution is -0.141. The highest BCUT2D eigenvalue weighted by atomic mass is 16.5. The molecular weight excluding hydrogens is 394 g/mol. The van der Waals surface area contributed by atoms with E-state index in [0.29, 0.717) is 26.2 Å². The van der Waals surface area contributed by atoms with E-state index in [4.69, 9.17) is 4.74 Å². The molecular formula is C23H29N5O3. The van der Waals surface area contributed by atoms with Gasteiger partial charge in [-0.3, -0.25) is 9.59 Å². The Morgan fingerprint density at radius 2 is 1.52 bits per heavy atom. The number of anilines is 1. The Morgan fingerprint density at radius 1 is 0.871 bits per heavy atom. The van der Waals surface area contributed by atoms with Gasteiger partial charge in [-0.25, -0.2) is 0 Å². The molecule has 2 aliphatic rings. The minimum Gasteiger partial charge on any atom is -0.497 e. The Labute approximate surface area is 182 Å². The molecule has 31 heavy (non-hydrogen) atoms. The van der Waals surface area contributed by atoms with E-state index in [1.54, 1.807) is 18.9 Å². The molecule has 2 aliphatic heterocycles. The van der Waals surface area contributed by atoms with Crippen molar-refractivity contribution < 1.29 is 14.3 Å². The first-order chi connectivity index (χ1) is 15.0. The summed E-state index contributed by atoms with van der Waals surface area (Å²) in [6.45, 7) is 5.71. The van der Waals surface area contributed by atoms with Crippen LogP contribution in [0.2, 0.25) is 0 Å². The first-order valence-electron chi connectivity index (χ1n) is 10.8. The zero-order valence-electron chi connectivity index (χ0n) is 18.2. The summed E-state index contributed by atoms with van der Waals surface area (Å²) >= 11 is 0. The van der Waals surface area contributed by atoms with Crippen LogP contribution in [0.3, 0.4) is 0 Å². The second-order valence-electron chi connectivity index (χ2n) is 8.10. The molecule has 2 saturated heterocycles. The third kappa shape index (κ3) is 4.78. The smallest absolute Gasteiger partial charge is 0.225 e. The highest BCUT2D eigenvalue weighted by Crippen LogP contribution is 2.25. The number of amides is 2. The predicted octanol–water partition coefficient (Wildman–Crippen LogP) is 2.06. The maximum absolute atomic E-state index is 12.9. The summed E-state index contributed by atoms with van der Waals surface area (Å²) in [7, 11) is 1.65. The SMILES string of the molecule is COc1ccc(-c2ccc(N3CCC(C(=O)N4CCN(C(C)=O)CC4)CC3)nn2)cc1. The summed E-state index contributed by atoms with van der Waals surface area (Å²) in [4.78, 5) is 30.3. The standard InChI is InChI=1S/C23H29N5O3/c1-17(29)26-13-15-28(16-14-26)23(30)19-9-11-27(12-10-19)22-8-7-21(24-25-22)18-3-5-20(31-2)6-4-18/h3-8,19H,9-16H2,1-2H3. The Kier molecular flexibility index (Phi) is 6.34. The maximum Gasteiger partial charge on any atom is 0.225 e. The minimum atomic E-state index is 0.0478. The maximum atomic E-state index is 12.9. The molecule has 0 bridgehead atoms. The van der Waals surface area contributed by atoms with Gasteiger partial charge in [-0.05, 0) is 49.2 Å². The lowest BCUT2D eigenvalue weighted by Gasteiger charge is -2.38. The molecule has 0 N–H and O–H groups in total. The van der Waals surface area contributed by atoms with Gasteiger partial charge in [0, 0.05) is 57.7 Å². The van der Waals surface area contributed by atoms with Crippen LogP contribution in [-0.2, 0) is 9.59 Å². The number of hydrogen-bond donors (Lipinski definition) is 0. The van der Waals surface area contributed by atoms with E-state index in [-0.39, 0.29) is 17.7 Å². The van der Waals surface area contributed by atoms with Crippen molar-refractivity contribution in [3.8, 4) is 17.0 Å². The van der Waals surface area contributed by atoms with E-state index in [1.165, 1.54) is 0 Å². The van der Waals surface area contributed by atoms with E-state index in [1.807, 2.05) is 41.3 Å². The number of benzene rings is 1. The molecule has 2 amide bonds. The van der Waals surface area contributed by atoms with Gasteiger partial charge < -0.3 is 19.4 Å². The van der Waals surface area contributed by atoms with Crippen LogP contribution in [0, 0.1) is 5.92 Å². The van der Waals surface area contributed by atoms with Crippen LogP contribution < -0.4 is 9.64 Å². The monoisotopic (exact) mass is 423 g/mol. The van der Waals surface area contributed by atoms with E-state index < -0.39 is 0 Å². The number of aromatic nitrogens is 2. The summed E-state index contributed by atoms with van der Waals surface area (Å²) in [6.07, 6.45) is 1.63. The van der Waals surface area contributed by atoms with Crippen molar-refractivity contribution in [1.29, 1.82) is 0 Å². The van der Waals surface area contributed by atoms with Gasteiger partial charge in [-0.15, -0.1) is 10.2 Å². The fourth-order valence-electron chi connectivity index (χ4n) is 4.27. The average molecular weight is 424 g/mol. The first kappa shape index (κ1) is 21.1. The topological polar surface area (TPSA) is 78.9 Å². The largest absolute Gasteiger partial charge is 0.497 e.